The van der Waals surface area contributed by atoms with E-state index in [-0.39, 0.29) is 5.91 Å². The highest BCUT2D eigenvalue weighted by molar-refractivity contribution is 6.05. The molecule has 0 unspecified atom stereocenters. The first-order chi connectivity index (χ1) is 8.70. The highest BCUT2D eigenvalue weighted by atomic mass is 16.5. The van der Waals surface area contributed by atoms with Crippen LogP contribution in [-0.2, 0) is 0 Å². The zero-order valence-electron chi connectivity index (χ0n) is 10.3. The zero-order chi connectivity index (χ0) is 13.0. The van der Waals surface area contributed by atoms with Gasteiger partial charge in [-0.3, -0.25) is 9.78 Å². The van der Waals surface area contributed by atoms with Gasteiger partial charge in [-0.15, -0.1) is 0 Å². The fourth-order valence-corrected chi connectivity index (χ4v) is 1.62. The van der Waals surface area contributed by atoms with E-state index in [1.54, 1.807) is 38.4 Å². The summed E-state index contributed by atoms with van der Waals surface area (Å²) in [6.45, 7) is 1.81. The number of benzene rings is 1. The third-order valence-electron chi connectivity index (χ3n) is 2.58. The maximum absolute atomic E-state index is 12.0. The van der Waals surface area contributed by atoms with E-state index in [1.807, 2.05) is 18.2 Å². The van der Waals surface area contributed by atoms with Gasteiger partial charge in [0, 0.05) is 23.6 Å². The molecule has 18 heavy (non-hydrogen) atoms. The van der Waals surface area contributed by atoms with Crippen molar-refractivity contribution in [1.29, 1.82) is 0 Å². The number of aromatic nitrogens is 1. The Morgan fingerprint density at radius 1 is 1.28 bits per heavy atom. The summed E-state index contributed by atoms with van der Waals surface area (Å²) < 4.78 is 5.10. The normalized spacial score (nSPS) is 9.89. The third-order valence-corrected chi connectivity index (χ3v) is 2.58. The van der Waals surface area contributed by atoms with E-state index in [4.69, 9.17) is 4.74 Å². The van der Waals surface area contributed by atoms with Crippen molar-refractivity contribution in [2.75, 3.05) is 12.4 Å². The maximum atomic E-state index is 12.0. The molecule has 0 radical (unpaired) electrons. The molecular formula is C14H14N2O2. The quantitative estimate of drug-likeness (QED) is 0.900. The van der Waals surface area contributed by atoms with Crippen LogP contribution in [-0.4, -0.2) is 18.0 Å². The number of hydrogen-bond donors (Lipinski definition) is 1. The van der Waals surface area contributed by atoms with E-state index in [2.05, 4.69) is 10.3 Å². The van der Waals surface area contributed by atoms with Crippen LogP contribution in [0.15, 0.2) is 42.6 Å². The number of rotatable bonds is 3. The number of methoxy groups -OCH3 is 1. The number of carbonyl (C=O) groups excluding carboxylic acids is 1. The van der Waals surface area contributed by atoms with Gasteiger partial charge in [-0.1, -0.05) is 6.07 Å². The van der Waals surface area contributed by atoms with E-state index < -0.39 is 0 Å². The van der Waals surface area contributed by atoms with Gasteiger partial charge in [-0.25, -0.2) is 0 Å². The van der Waals surface area contributed by atoms with Crippen molar-refractivity contribution < 1.29 is 9.53 Å². The van der Waals surface area contributed by atoms with Crippen LogP contribution < -0.4 is 10.1 Å². The van der Waals surface area contributed by atoms with Crippen LogP contribution in [0.5, 0.6) is 5.75 Å². The van der Waals surface area contributed by atoms with Crippen LogP contribution in [0.2, 0.25) is 0 Å². The molecule has 4 heteroatoms. The predicted octanol–water partition coefficient (Wildman–Crippen LogP) is 2.65. The van der Waals surface area contributed by atoms with E-state index in [1.165, 1.54) is 0 Å². The SMILES string of the molecule is COc1cccc(NC(=O)c2cccnc2C)c1. The minimum atomic E-state index is -0.172. The number of pyridine rings is 1. The molecule has 0 aliphatic carbocycles. The van der Waals surface area contributed by atoms with Gasteiger partial charge in [0.1, 0.15) is 5.75 Å². The average Bonchev–Trinajstić information content (AvgIpc) is 2.39. The van der Waals surface area contributed by atoms with Gasteiger partial charge in [-0.05, 0) is 31.2 Å². The number of ether oxygens (including phenoxy) is 1. The molecule has 1 aromatic heterocycles. The molecule has 0 aliphatic rings. The minimum absolute atomic E-state index is 0.172. The molecule has 1 N–H and O–H groups in total. The number of nitrogens with zero attached hydrogens (tertiary/aromatic N) is 1. The van der Waals surface area contributed by atoms with Crippen LogP contribution in [0.1, 0.15) is 16.1 Å². The Morgan fingerprint density at radius 2 is 2.11 bits per heavy atom. The minimum Gasteiger partial charge on any atom is -0.497 e. The Labute approximate surface area is 106 Å². The topological polar surface area (TPSA) is 51.2 Å². The monoisotopic (exact) mass is 242 g/mol. The molecule has 0 aliphatic heterocycles. The summed E-state index contributed by atoms with van der Waals surface area (Å²) in [7, 11) is 1.59. The standard InChI is InChI=1S/C14H14N2O2/c1-10-13(7-4-8-15-10)14(17)16-11-5-3-6-12(9-11)18-2/h3-9H,1-2H3,(H,16,17). The Hall–Kier alpha value is -2.36. The lowest BCUT2D eigenvalue weighted by Crippen LogP contribution is -2.13. The number of aryl methyl sites for hydroxylation is 1. The van der Waals surface area contributed by atoms with Crippen LogP contribution in [0, 0.1) is 6.92 Å². The van der Waals surface area contributed by atoms with E-state index >= 15 is 0 Å². The van der Waals surface area contributed by atoms with Crippen LogP contribution in [0.25, 0.3) is 0 Å². The number of anilines is 1. The van der Waals surface area contributed by atoms with Crippen LogP contribution >= 0.6 is 0 Å². The van der Waals surface area contributed by atoms with Gasteiger partial charge in [0.15, 0.2) is 0 Å². The van der Waals surface area contributed by atoms with Gasteiger partial charge in [0.05, 0.1) is 12.7 Å². The first-order valence-electron chi connectivity index (χ1n) is 5.58. The highest BCUT2D eigenvalue weighted by Crippen LogP contribution is 2.17. The summed E-state index contributed by atoms with van der Waals surface area (Å²) in [4.78, 5) is 16.1. The van der Waals surface area contributed by atoms with Crippen molar-refractivity contribution in [1.82, 2.24) is 4.98 Å². The fraction of sp³-hybridized carbons (Fsp3) is 0.143. The lowest BCUT2D eigenvalue weighted by Gasteiger charge is -2.08. The van der Waals surface area contributed by atoms with Gasteiger partial charge in [0.2, 0.25) is 0 Å². The highest BCUT2D eigenvalue weighted by Gasteiger charge is 2.09. The second kappa shape index (κ2) is 5.31. The van der Waals surface area contributed by atoms with E-state index in [9.17, 15) is 4.79 Å². The van der Waals surface area contributed by atoms with Gasteiger partial charge in [-0.2, -0.15) is 0 Å². The van der Waals surface area contributed by atoms with Gasteiger partial charge < -0.3 is 10.1 Å². The summed E-state index contributed by atoms with van der Waals surface area (Å²) >= 11 is 0. The molecular weight excluding hydrogens is 228 g/mol. The first kappa shape index (κ1) is 12.1. The lowest BCUT2D eigenvalue weighted by atomic mass is 10.2. The largest absolute Gasteiger partial charge is 0.497 e. The molecule has 1 aromatic carbocycles. The molecule has 0 bridgehead atoms. The molecule has 92 valence electrons. The van der Waals surface area contributed by atoms with Crippen LogP contribution in [0.4, 0.5) is 5.69 Å². The molecule has 0 fully saturated rings. The number of hydrogen-bond acceptors (Lipinski definition) is 3. The molecule has 0 spiro atoms. The Kier molecular flexibility index (Phi) is 3.57. The first-order valence-corrected chi connectivity index (χ1v) is 5.58. The third kappa shape index (κ3) is 2.66. The summed E-state index contributed by atoms with van der Waals surface area (Å²) in [5.74, 6) is 0.532. The molecule has 0 atom stereocenters. The maximum Gasteiger partial charge on any atom is 0.257 e. The van der Waals surface area contributed by atoms with E-state index in [0.717, 1.165) is 0 Å². The second-order valence-electron chi connectivity index (χ2n) is 3.82. The van der Waals surface area contributed by atoms with Crippen molar-refractivity contribution in [2.24, 2.45) is 0 Å². The zero-order valence-corrected chi connectivity index (χ0v) is 10.3. The number of amides is 1. The molecule has 4 nitrogen and oxygen atoms in total. The molecule has 0 saturated carbocycles. The smallest absolute Gasteiger partial charge is 0.257 e. The van der Waals surface area contributed by atoms with Crippen molar-refractivity contribution in [3.8, 4) is 5.75 Å². The fourth-order valence-electron chi connectivity index (χ4n) is 1.62. The number of carbonyl (C=O) groups is 1. The van der Waals surface area contributed by atoms with Crippen LogP contribution in [0.3, 0.4) is 0 Å². The molecule has 1 amide bonds. The van der Waals surface area contributed by atoms with Gasteiger partial charge in [0.25, 0.3) is 5.91 Å². The second-order valence-corrected chi connectivity index (χ2v) is 3.82. The van der Waals surface area contributed by atoms with Gasteiger partial charge >= 0.3 is 0 Å². The molecule has 2 rings (SSSR count). The average molecular weight is 242 g/mol. The van der Waals surface area contributed by atoms with Crippen molar-refractivity contribution in [3.05, 3.63) is 53.9 Å². The Bertz CT molecular complexity index is 567. The van der Waals surface area contributed by atoms with Crippen molar-refractivity contribution in [3.63, 3.8) is 0 Å². The lowest BCUT2D eigenvalue weighted by molar-refractivity contribution is 0.102. The van der Waals surface area contributed by atoms with E-state index in [0.29, 0.717) is 22.7 Å². The molecule has 2 aromatic rings. The summed E-state index contributed by atoms with van der Waals surface area (Å²) in [5, 5.41) is 2.81. The summed E-state index contributed by atoms with van der Waals surface area (Å²) in [5.41, 5.74) is 1.97. The summed E-state index contributed by atoms with van der Waals surface area (Å²) in [6.07, 6.45) is 1.66. The Balaban J connectivity index is 2.19. The molecule has 1 heterocycles. The molecule has 0 saturated heterocycles. The predicted molar refractivity (Wildman–Crippen MR) is 69.9 cm³/mol. The van der Waals surface area contributed by atoms with Crippen molar-refractivity contribution in [2.45, 2.75) is 6.92 Å². The summed E-state index contributed by atoms with van der Waals surface area (Å²) in [6, 6.07) is 10.7. The number of nitrogens with one attached hydrogen (secondary N) is 1. The Morgan fingerprint density at radius 3 is 2.83 bits per heavy atom. The van der Waals surface area contributed by atoms with Crippen molar-refractivity contribution >= 4 is 11.6 Å².